The molecule has 4 aliphatic carbocycles. The first kappa shape index (κ1) is 39.6. The lowest BCUT2D eigenvalue weighted by molar-refractivity contribution is -0.202. The van der Waals surface area contributed by atoms with E-state index in [2.05, 4.69) is 33.0 Å². The van der Waals surface area contributed by atoms with E-state index < -0.39 is 12.1 Å². The Hall–Kier alpha value is -1.14. The van der Waals surface area contributed by atoms with Crippen molar-refractivity contribution in [1.29, 1.82) is 0 Å². The lowest BCUT2D eigenvalue weighted by Gasteiger charge is -2.63. The fraction of sp³-hybridized carbons (Fsp3) is 0.952. The van der Waals surface area contributed by atoms with Crippen LogP contribution in [0.25, 0.3) is 0 Å². The predicted molar refractivity (Wildman–Crippen MR) is 196 cm³/mol. The maximum Gasteiger partial charge on any atom is 0.303 e. The van der Waals surface area contributed by atoms with E-state index in [1.165, 1.54) is 83.5 Å². The molecule has 0 aromatic rings. The summed E-state index contributed by atoms with van der Waals surface area (Å²) in [5.74, 6) is 1.14. The summed E-state index contributed by atoms with van der Waals surface area (Å²) in [4.78, 5) is 24.2. The van der Waals surface area contributed by atoms with Crippen molar-refractivity contribution in [3.05, 3.63) is 0 Å². The number of carboxylic acid groups (broad SMARTS) is 1. The van der Waals surface area contributed by atoms with E-state index in [4.69, 9.17) is 0 Å². The largest absolute Gasteiger partial charge is 0.481 e. The minimum Gasteiger partial charge on any atom is -0.481 e. The van der Waals surface area contributed by atoms with Crippen molar-refractivity contribution < 1.29 is 24.9 Å². The molecule has 0 bridgehead atoms. The Balaban J connectivity index is 1.14. The molecule has 6 heteroatoms. The molecular formula is C42H75NO5. The number of carboxylic acids is 1. The van der Waals surface area contributed by atoms with Gasteiger partial charge in [0, 0.05) is 18.9 Å². The second-order valence-corrected chi connectivity index (χ2v) is 17.7. The Morgan fingerprint density at radius 2 is 1.33 bits per heavy atom. The number of rotatable bonds is 21. The van der Waals surface area contributed by atoms with Gasteiger partial charge in [-0.1, -0.05) is 118 Å². The molecule has 0 heterocycles. The maximum atomic E-state index is 12.9. The van der Waals surface area contributed by atoms with Gasteiger partial charge < -0.3 is 20.6 Å². The highest BCUT2D eigenvalue weighted by Gasteiger charge is 2.65. The van der Waals surface area contributed by atoms with Gasteiger partial charge in [-0.25, -0.2) is 0 Å². The molecule has 4 saturated carbocycles. The number of carbonyl (C=O) groups excluding carboxylic acids is 1. The standard InChI is InChI=1S/C42H75NO5/c1-5-6-7-8-9-10-11-12-13-14-15-16-17-18-19-20-38(46)43-32-25-26-41(3)31(27-32)28-36(44)40-34-23-22-33(30(2)21-24-39(47)48)42(34,4)37(45)29-35(40)41/h30-37,40,44-45H,5-29H2,1-4H3,(H,43,46)(H,47,48)/t30-,31+,32-,33-,34+,35+,36-,37+,40+,41+,42-/m1/s1. The number of fused-ring (bicyclic) bond motifs is 5. The monoisotopic (exact) mass is 674 g/mol. The number of nitrogens with one attached hydrogen (secondary N) is 1. The van der Waals surface area contributed by atoms with Crippen LogP contribution in [-0.4, -0.2) is 45.4 Å². The third-order valence-corrected chi connectivity index (χ3v) is 14.7. The van der Waals surface area contributed by atoms with Crippen LogP contribution in [0.5, 0.6) is 0 Å². The summed E-state index contributed by atoms with van der Waals surface area (Å²) >= 11 is 0. The zero-order chi connectivity index (χ0) is 34.7. The Bertz CT molecular complexity index is 987. The van der Waals surface area contributed by atoms with Crippen LogP contribution in [0.1, 0.15) is 188 Å². The van der Waals surface area contributed by atoms with Gasteiger partial charge in [0.05, 0.1) is 12.2 Å². The topological polar surface area (TPSA) is 107 Å². The summed E-state index contributed by atoms with van der Waals surface area (Å²) in [6.45, 7) is 9.12. The van der Waals surface area contributed by atoms with Gasteiger partial charge in [-0.3, -0.25) is 9.59 Å². The lowest BCUT2D eigenvalue weighted by Crippen LogP contribution is -2.63. The Morgan fingerprint density at radius 3 is 1.92 bits per heavy atom. The molecule has 0 aliphatic heterocycles. The fourth-order valence-electron chi connectivity index (χ4n) is 11.8. The first-order valence-corrected chi connectivity index (χ1v) is 20.9. The highest BCUT2D eigenvalue weighted by molar-refractivity contribution is 5.76. The van der Waals surface area contributed by atoms with Crippen molar-refractivity contribution in [1.82, 2.24) is 5.32 Å². The summed E-state index contributed by atoms with van der Waals surface area (Å²) in [6, 6.07) is 0.195. The molecule has 4 fully saturated rings. The first-order valence-electron chi connectivity index (χ1n) is 20.9. The molecule has 0 saturated heterocycles. The van der Waals surface area contributed by atoms with Crippen LogP contribution in [0.3, 0.4) is 0 Å². The van der Waals surface area contributed by atoms with E-state index >= 15 is 0 Å². The number of hydrogen-bond acceptors (Lipinski definition) is 4. The zero-order valence-corrected chi connectivity index (χ0v) is 31.5. The predicted octanol–water partition coefficient (Wildman–Crippen LogP) is 9.83. The highest BCUT2D eigenvalue weighted by atomic mass is 16.4. The zero-order valence-electron chi connectivity index (χ0n) is 31.5. The van der Waals surface area contributed by atoms with Crippen molar-refractivity contribution in [3.63, 3.8) is 0 Å². The van der Waals surface area contributed by atoms with E-state index in [-0.39, 0.29) is 53.1 Å². The van der Waals surface area contributed by atoms with Crippen molar-refractivity contribution in [2.24, 2.45) is 46.3 Å². The number of unbranched alkanes of at least 4 members (excludes halogenated alkanes) is 14. The average Bonchev–Trinajstić information content (AvgIpc) is 3.41. The lowest BCUT2D eigenvalue weighted by atomic mass is 9.43. The van der Waals surface area contributed by atoms with Gasteiger partial charge in [0.2, 0.25) is 5.91 Å². The third kappa shape index (κ3) is 9.80. The number of aliphatic carboxylic acids is 1. The number of aliphatic hydroxyl groups excluding tert-OH is 2. The summed E-state index contributed by atoms with van der Waals surface area (Å²) in [5, 5.41) is 36.2. The van der Waals surface area contributed by atoms with Crippen molar-refractivity contribution in [2.75, 3.05) is 0 Å². The van der Waals surface area contributed by atoms with Crippen LogP contribution in [0.15, 0.2) is 0 Å². The molecule has 1 amide bonds. The van der Waals surface area contributed by atoms with E-state index in [0.717, 1.165) is 57.8 Å². The number of aliphatic hydroxyl groups is 2. The van der Waals surface area contributed by atoms with Crippen LogP contribution in [0, 0.1) is 46.3 Å². The van der Waals surface area contributed by atoms with Crippen LogP contribution in [0.4, 0.5) is 0 Å². The Labute approximate surface area is 294 Å². The van der Waals surface area contributed by atoms with Gasteiger partial charge in [-0.2, -0.15) is 0 Å². The van der Waals surface area contributed by atoms with Crippen LogP contribution in [0.2, 0.25) is 0 Å². The smallest absolute Gasteiger partial charge is 0.303 e. The summed E-state index contributed by atoms with van der Waals surface area (Å²) < 4.78 is 0. The number of amides is 1. The number of hydrogen-bond donors (Lipinski definition) is 4. The molecule has 0 spiro atoms. The molecular weight excluding hydrogens is 598 g/mol. The van der Waals surface area contributed by atoms with Crippen molar-refractivity contribution in [3.8, 4) is 0 Å². The average molecular weight is 674 g/mol. The van der Waals surface area contributed by atoms with E-state index in [1.54, 1.807) is 0 Å². The molecule has 0 radical (unpaired) electrons. The van der Waals surface area contributed by atoms with Crippen molar-refractivity contribution >= 4 is 11.9 Å². The minimum atomic E-state index is -0.746. The van der Waals surface area contributed by atoms with Crippen LogP contribution >= 0.6 is 0 Å². The highest BCUT2D eigenvalue weighted by Crippen LogP contribution is 2.68. The summed E-state index contributed by atoms with van der Waals surface area (Å²) in [6.07, 6.45) is 27.2. The molecule has 278 valence electrons. The molecule has 0 unspecified atom stereocenters. The fourth-order valence-corrected chi connectivity index (χ4v) is 11.8. The second kappa shape index (κ2) is 18.9. The SMILES string of the molecule is CCCCCCCCCCCCCCCCCC(=O)N[C@@H]1CC[C@@]2(C)[C@@H](C1)C[C@@H](O)[C@@H]1[C@@H]2C[C@H](O)[C@]2(C)[C@@H]([C@H](C)CCC(=O)O)CC[C@@H]12. The van der Waals surface area contributed by atoms with Gasteiger partial charge in [0.15, 0.2) is 0 Å². The first-order chi connectivity index (χ1) is 23.0. The minimum absolute atomic E-state index is 0.0781. The van der Waals surface area contributed by atoms with E-state index in [0.29, 0.717) is 30.6 Å². The Kier molecular flexibility index (Phi) is 15.6. The maximum absolute atomic E-state index is 12.9. The molecule has 48 heavy (non-hydrogen) atoms. The summed E-state index contributed by atoms with van der Waals surface area (Å²) in [7, 11) is 0. The molecule has 0 aromatic heterocycles. The molecule has 4 rings (SSSR count). The molecule has 6 nitrogen and oxygen atoms in total. The normalized spacial score (nSPS) is 36.5. The third-order valence-electron chi connectivity index (χ3n) is 14.7. The van der Waals surface area contributed by atoms with Gasteiger partial charge >= 0.3 is 5.97 Å². The second-order valence-electron chi connectivity index (χ2n) is 17.7. The molecule has 4 aliphatic rings. The summed E-state index contributed by atoms with van der Waals surface area (Å²) in [5.41, 5.74) is -0.184. The van der Waals surface area contributed by atoms with Gasteiger partial charge in [0.25, 0.3) is 0 Å². The van der Waals surface area contributed by atoms with E-state index in [9.17, 15) is 24.9 Å². The Morgan fingerprint density at radius 1 is 0.750 bits per heavy atom. The van der Waals surface area contributed by atoms with E-state index in [1.807, 2.05) is 0 Å². The van der Waals surface area contributed by atoms with Crippen LogP contribution < -0.4 is 5.32 Å². The van der Waals surface area contributed by atoms with Crippen molar-refractivity contribution in [2.45, 2.75) is 206 Å². The van der Waals surface area contributed by atoms with Gasteiger partial charge in [0.1, 0.15) is 0 Å². The quantitative estimate of drug-likeness (QED) is 0.0908. The van der Waals surface area contributed by atoms with Crippen LogP contribution in [-0.2, 0) is 9.59 Å². The molecule has 0 aromatic carbocycles. The molecule has 11 atom stereocenters. The van der Waals surface area contributed by atoms with Gasteiger partial charge in [-0.15, -0.1) is 0 Å². The van der Waals surface area contributed by atoms with Gasteiger partial charge in [-0.05, 0) is 104 Å². The number of carbonyl (C=O) groups is 2. The molecule has 4 N–H and O–H groups in total.